The van der Waals surface area contributed by atoms with Crippen LogP contribution in [-0.4, -0.2) is 14.8 Å². The number of halogens is 2. The van der Waals surface area contributed by atoms with E-state index in [1.807, 2.05) is 10.7 Å². The summed E-state index contributed by atoms with van der Waals surface area (Å²) in [6.45, 7) is 5.03. The van der Waals surface area contributed by atoms with Gasteiger partial charge in [0.2, 0.25) is 0 Å². The molecule has 1 aromatic heterocycles. The molecule has 0 radical (unpaired) electrons. The van der Waals surface area contributed by atoms with Crippen molar-refractivity contribution in [2.45, 2.75) is 32.9 Å². The standard InChI is InChI=1S/C14H19BrFN5/c1-9(2)7-21-13(18-8-19-21)6-12(20-17)10-4-3-5-11(16)14(10)15/h3-5,8-9,12,20H,6-7,17H2,1-2H3. The second kappa shape index (κ2) is 7.11. The van der Waals surface area contributed by atoms with Gasteiger partial charge in [-0.2, -0.15) is 5.10 Å². The summed E-state index contributed by atoms with van der Waals surface area (Å²) >= 11 is 3.27. The van der Waals surface area contributed by atoms with Gasteiger partial charge >= 0.3 is 0 Å². The molecule has 21 heavy (non-hydrogen) atoms. The van der Waals surface area contributed by atoms with Crippen LogP contribution in [-0.2, 0) is 13.0 Å². The van der Waals surface area contributed by atoms with Crippen LogP contribution in [0.25, 0.3) is 0 Å². The molecule has 114 valence electrons. The second-order valence-corrected chi connectivity index (χ2v) is 6.11. The van der Waals surface area contributed by atoms with E-state index < -0.39 is 0 Å². The maximum absolute atomic E-state index is 13.7. The minimum atomic E-state index is -0.309. The van der Waals surface area contributed by atoms with Crippen molar-refractivity contribution < 1.29 is 4.39 Å². The third kappa shape index (κ3) is 3.87. The van der Waals surface area contributed by atoms with Crippen molar-refractivity contribution in [3.8, 4) is 0 Å². The predicted octanol–water partition coefficient (Wildman–Crippen LogP) is 2.58. The molecule has 7 heteroatoms. The highest BCUT2D eigenvalue weighted by atomic mass is 79.9. The van der Waals surface area contributed by atoms with Gasteiger partial charge in [-0.1, -0.05) is 26.0 Å². The van der Waals surface area contributed by atoms with E-state index in [9.17, 15) is 4.39 Å². The van der Waals surface area contributed by atoms with E-state index in [0.29, 0.717) is 16.8 Å². The molecule has 0 aliphatic rings. The van der Waals surface area contributed by atoms with Crippen LogP contribution in [0.1, 0.15) is 31.3 Å². The molecule has 5 nitrogen and oxygen atoms in total. The van der Waals surface area contributed by atoms with E-state index in [-0.39, 0.29) is 11.9 Å². The summed E-state index contributed by atoms with van der Waals surface area (Å²) in [5.41, 5.74) is 3.49. The second-order valence-electron chi connectivity index (χ2n) is 5.32. The van der Waals surface area contributed by atoms with Crippen molar-refractivity contribution in [2.75, 3.05) is 0 Å². The summed E-state index contributed by atoms with van der Waals surface area (Å²) in [6.07, 6.45) is 2.07. The molecule has 1 unspecified atom stereocenters. The number of nitrogens with two attached hydrogens (primary N) is 1. The summed E-state index contributed by atoms with van der Waals surface area (Å²) in [4.78, 5) is 4.28. The van der Waals surface area contributed by atoms with Crippen molar-refractivity contribution in [2.24, 2.45) is 11.8 Å². The smallest absolute Gasteiger partial charge is 0.138 e. The number of hydrogen-bond donors (Lipinski definition) is 2. The zero-order valence-corrected chi connectivity index (χ0v) is 13.6. The first kappa shape index (κ1) is 16.1. The topological polar surface area (TPSA) is 68.8 Å². The molecule has 1 heterocycles. The highest BCUT2D eigenvalue weighted by Gasteiger charge is 2.19. The highest BCUT2D eigenvalue weighted by molar-refractivity contribution is 9.10. The molecule has 2 aromatic rings. The SMILES string of the molecule is CC(C)Cn1ncnc1CC(NN)c1cccc(F)c1Br. The Bertz CT molecular complexity index is 599. The van der Waals surface area contributed by atoms with Crippen molar-refractivity contribution in [3.63, 3.8) is 0 Å². The lowest BCUT2D eigenvalue weighted by atomic mass is 10.0. The fourth-order valence-corrected chi connectivity index (χ4v) is 2.72. The van der Waals surface area contributed by atoms with Gasteiger partial charge in [0.25, 0.3) is 0 Å². The van der Waals surface area contributed by atoms with Crippen LogP contribution < -0.4 is 11.3 Å². The third-order valence-corrected chi connectivity index (χ3v) is 4.02. The zero-order valence-electron chi connectivity index (χ0n) is 12.1. The van der Waals surface area contributed by atoms with E-state index in [4.69, 9.17) is 5.84 Å². The molecule has 0 spiro atoms. The minimum Gasteiger partial charge on any atom is -0.271 e. The van der Waals surface area contributed by atoms with E-state index in [1.165, 1.54) is 12.4 Å². The summed E-state index contributed by atoms with van der Waals surface area (Å²) < 4.78 is 15.9. The fourth-order valence-electron chi connectivity index (χ4n) is 2.18. The van der Waals surface area contributed by atoms with Crippen LogP contribution in [0.4, 0.5) is 4.39 Å². The maximum atomic E-state index is 13.7. The lowest BCUT2D eigenvalue weighted by molar-refractivity contribution is 0.445. The molecule has 0 bridgehead atoms. The van der Waals surface area contributed by atoms with Crippen LogP contribution in [0.3, 0.4) is 0 Å². The molecule has 3 N–H and O–H groups in total. The van der Waals surface area contributed by atoms with Crippen LogP contribution in [0.5, 0.6) is 0 Å². The average Bonchev–Trinajstić information content (AvgIpc) is 2.86. The van der Waals surface area contributed by atoms with Crippen LogP contribution in [0.15, 0.2) is 29.0 Å². The van der Waals surface area contributed by atoms with Gasteiger partial charge < -0.3 is 0 Å². The number of rotatable bonds is 6. The first-order valence-corrected chi connectivity index (χ1v) is 7.59. The van der Waals surface area contributed by atoms with Gasteiger partial charge in [-0.05, 0) is 33.5 Å². The van der Waals surface area contributed by atoms with Gasteiger partial charge in [-0.3, -0.25) is 11.3 Å². The van der Waals surface area contributed by atoms with Crippen LogP contribution in [0, 0.1) is 11.7 Å². The van der Waals surface area contributed by atoms with E-state index in [0.717, 1.165) is 17.9 Å². The molecular weight excluding hydrogens is 337 g/mol. The van der Waals surface area contributed by atoms with Crippen LogP contribution in [0.2, 0.25) is 0 Å². The Morgan fingerprint density at radius 2 is 2.19 bits per heavy atom. The Balaban J connectivity index is 2.24. The normalized spacial score (nSPS) is 12.9. The molecule has 1 atom stereocenters. The first-order chi connectivity index (χ1) is 10.0. The Kier molecular flexibility index (Phi) is 5.44. The lowest BCUT2D eigenvalue weighted by Crippen LogP contribution is -2.31. The number of aromatic nitrogens is 3. The van der Waals surface area contributed by atoms with Crippen molar-refractivity contribution in [1.82, 2.24) is 20.2 Å². The fraction of sp³-hybridized carbons (Fsp3) is 0.429. The molecule has 1 aromatic carbocycles. The van der Waals surface area contributed by atoms with Crippen molar-refractivity contribution in [3.05, 3.63) is 46.2 Å². The maximum Gasteiger partial charge on any atom is 0.138 e. The predicted molar refractivity (Wildman–Crippen MR) is 82.7 cm³/mol. The Morgan fingerprint density at radius 1 is 1.43 bits per heavy atom. The molecule has 0 aliphatic heterocycles. The average molecular weight is 356 g/mol. The Morgan fingerprint density at radius 3 is 2.86 bits per heavy atom. The number of hydrazine groups is 1. The molecule has 2 rings (SSSR count). The quantitative estimate of drug-likeness (QED) is 0.617. The largest absolute Gasteiger partial charge is 0.271 e. The van der Waals surface area contributed by atoms with Gasteiger partial charge in [0, 0.05) is 13.0 Å². The van der Waals surface area contributed by atoms with E-state index >= 15 is 0 Å². The number of nitrogens with zero attached hydrogens (tertiary/aromatic N) is 3. The molecule has 0 fully saturated rings. The zero-order chi connectivity index (χ0) is 15.4. The third-order valence-electron chi connectivity index (χ3n) is 3.18. The monoisotopic (exact) mass is 355 g/mol. The van der Waals surface area contributed by atoms with E-state index in [2.05, 4.69) is 45.3 Å². The summed E-state index contributed by atoms with van der Waals surface area (Å²) in [5.74, 6) is 6.62. The minimum absolute atomic E-state index is 0.245. The van der Waals surface area contributed by atoms with E-state index in [1.54, 1.807) is 6.07 Å². The molecule has 0 aliphatic carbocycles. The molecule has 0 amide bonds. The van der Waals surface area contributed by atoms with Crippen molar-refractivity contribution >= 4 is 15.9 Å². The first-order valence-electron chi connectivity index (χ1n) is 6.79. The molecular formula is C14H19BrFN5. The Hall–Kier alpha value is -1.31. The van der Waals surface area contributed by atoms with Gasteiger partial charge in [0.15, 0.2) is 0 Å². The Labute approximate surface area is 131 Å². The number of nitrogens with one attached hydrogen (secondary N) is 1. The molecule has 0 saturated heterocycles. The summed E-state index contributed by atoms with van der Waals surface area (Å²) in [7, 11) is 0. The van der Waals surface area contributed by atoms with Gasteiger partial charge in [-0.15, -0.1) is 0 Å². The van der Waals surface area contributed by atoms with Crippen LogP contribution >= 0.6 is 15.9 Å². The summed E-state index contributed by atoms with van der Waals surface area (Å²) in [5, 5.41) is 4.23. The van der Waals surface area contributed by atoms with Gasteiger partial charge in [0.05, 0.1) is 10.5 Å². The summed E-state index contributed by atoms with van der Waals surface area (Å²) in [6, 6.07) is 4.66. The van der Waals surface area contributed by atoms with Gasteiger partial charge in [0.1, 0.15) is 18.0 Å². The molecule has 0 saturated carbocycles. The van der Waals surface area contributed by atoms with Gasteiger partial charge in [-0.25, -0.2) is 14.1 Å². The highest BCUT2D eigenvalue weighted by Crippen LogP contribution is 2.27. The number of hydrogen-bond acceptors (Lipinski definition) is 4. The lowest BCUT2D eigenvalue weighted by Gasteiger charge is -2.18. The van der Waals surface area contributed by atoms with Crippen molar-refractivity contribution in [1.29, 1.82) is 0 Å². The number of benzene rings is 1.